The van der Waals surface area contributed by atoms with Gasteiger partial charge in [-0.3, -0.25) is 4.98 Å². The molecule has 4 heteroatoms. The Morgan fingerprint density at radius 1 is 1.17 bits per heavy atom. The monoisotopic (exact) mass is 398 g/mol. The van der Waals surface area contributed by atoms with Gasteiger partial charge in [0.15, 0.2) is 0 Å². The summed E-state index contributed by atoms with van der Waals surface area (Å²) in [5.74, 6) is 1.03. The van der Waals surface area contributed by atoms with Gasteiger partial charge in [-0.05, 0) is 91.7 Å². The van der Waals surface area contributed by atoms with E-state index < -0.39 is 0 Å². The van der Waals surface area contributed by atoms with E-state index in [1.165, 1.54) is 11.1 Å². The van der Waals surface area contributed by atoms with Crippen LogP contribution in [0.15, 0.2) is 36.7 Å². The summed E-state index contributed by atoms with van der Waals surface area (Å²) in [5, 5.41) is 25.5. The van der Waals surface area contributed by atoms with Gasteiger partial charge in [0.1, 0.15) is 0 Å². The number of aromatic nitrogens is 1. The Balaban J connectivity index is 1.48. The van der Waals surface area contributed by atoms with Gasteiger partial charge in [0, 0.05) is 18.9 Å². The molecular formula is C25H38N2O2. The van der Waals surface area contributed by atoms with Gasteiger partial charge in [0.05, 0.1) is 12.2 Å². The number of nitrogens with one attached hydrogen (secondary N) is 1. The number of nitrogens with zero attached hydrogens (tertiary/aromatic N) is 1. The summed E-state index contributed by atoms with van der Waals surface area (Å²) >= 11 is 0. The molecular weight excluding hydrogens is 360 g/mol. The van der Waals surface area contributed by atoms with E-state index in [0.717, 1.165) is 58.0 Å². The van der Waals surface area contributed by atoms with E-state index in [0.29, 0.717) is 17.8 Å². The maximum Gasteiger partial charge on any atom is 0.0610 e. The summed E-state index contributed by atoms with van der Waals surface area (Å²) < 4.78 is 0. The zero-order valence-electron chi connectivity index (χ0n) is 18.1. The van der Waals surface area contributed by atoms with Gasteiger partial charge in [0.25, 0.3) is 0 Å². The molecule has 0 saturated heterocycles. The molecule has 0 bridgehead atoms. The number of hydrogen-bond acceptors (Lipinski definition) is 4. The van der Waals surface area contributed by atoms with Gasteiger partial charge in [0.2, 0.25) is 0 Å². The molecule has 0 radical (unpaired) electrons. The van der Waals surface area contributed by atoms with Crippen molar-refractivity contribution in [3.05, 3.63) is 42.2 Å². The summed E-state index contributed by atoms with van der Waals surface area (Å²) in [7, 11) is 0. The number of rotatable bonds is 5. The fourth-order valence-corrected chi connectivity index (χ4v) is 6.83. The SMILES string of the molecule is C=C1CCC2C(O)C(C3(C)CCC(O)CC3CNCc3cccnc3)CCC12C. The number of allylic oxidation sites excluding steroid dienone is 1. The summed E-state index contributed by atoms with van der Waals surface area (Å²) in [6.45, 7) is 10.7. The molecule has 1 heterocycles. The van der Waals surface area contributed by atoms with Crippen molar-refractivity contribution in [2.24, 2.45) is 28.6 Å². The van der Waals surface area contributed by atoms with Gasteiger partial charge in [-0.15, -0.1) is 0 Å². The molecule has 4 nitrogen and oxygen atoms in total. The quantitative estimate of drug-likeness (QED) is 0.654. The zero-order chi connectivity index (χ0) is 20.6. The molecule has 0 aromatic carbocycles. The summed E-state index contributed by atoms with van der Waals surface area (Å²) in [4.78, 5) is 4.20. The minimum absolute atomic E-state index is 0.0613. The third-order valence-corrected chi connectivity index (χ3v) is 8.98. The van der Waals surface area contributed by atoms with Gasteiger partial charge < -0.3 is 15.5 Å². The van der Waals surface area contributed by atoms with Crippen molar-refractivity contribution in [2.75, 3.05) is 6.54 Å². The van der Waals surface area contributed by atoms with Crippen LogP contribution in [-0.4, -0.2) is 33.9 Å². The van der Waals surface area contributed by atoms with Crippen molar-refractivity contribution in [1.29, 1.82) is 0 Å². The second-order valence-electron chi connectivity index (χ2n) is 10.4. The highest BCUT2D eigenvalue weighted by atomic mass is 16.3. The van der Waals surface area contributed by atoms with Gasteiger partial charge >= 0.3 is 0 Å². The average Bonchev–Trinajstić information content (AvgIpc) is 3.01. The molecule has 0 aliphatic heterocycles. The lowest BCUT2D eigenvalue weighted by Crippen LogP contribution is -2.54. The van der Waals surface area contributed by atoms with Crippen molar-refractivity contribution in [2.45, 2.75) is 77.5 Å². The maximum absolute atomic E-state index is 11.5. The first-order valence-electron chi connectivity index (χ1n) is 11.5. The number of aliphatic hydroxyl groups excluding tert-OH is 2. The first kappa shape index (κ1) is 21.0. The molecule has 7 unspecified atom stereocenters. The summed E-state index contributed by atoms with van der Waals surface area (Å²) in [6.07, 6.45) is 10.3. The van der Waals surface area contributed by atoms with Crippen LogP contribution < -0.4 is 5.32 Å². The standard InChI is InChI=1S/C25H38N2O2/c1-17-6-7-21-23(29)22(9-11-24(17,21)2)25(3)10-8-20(28)13-19(25)16-27-15-18-5-4-12-26-14-18/h4-5,12,14,19-23,27-29H,1,6-11,13,15-16H2,2-3H3. The number of pyridine rings is 1. The van der Waals surface area contributed by atoms with Gasteiger partial charge in [-0.1, -0.05) is 32.1 Å². The van der Waals surface area contributed by atoms with Crippen molar-refractivity contribution in [1.82, 2.24) is 10.3 Å². The van der Waals surface area contributed by atoms with Crippen LogP contribution in [0.1, 0.15) is 64.4 Å². The Labute approximate surface area is 175 Å². The van der Waals surface area contributed by atoms with Gasteiger partial charge in [-0.2, -0.15) is 0 Å². The lowest BCUT2D eigenvalue weighted by atomic mass is 9.52. The predicted octanol–water partition coefficient (Wildman–Crippen LogP) is 4.08. The van der Waals surface area contributed by atoms with Crippen LogP contribution in [0.25, 0.3) is 0 Å². The Bertz CT molecular complexity index is 723. The molecule has 3 aliphatic carbocycles. The van der Waals surface area contributed by atoms with E-state index >= 15 is 0 Å². The maximum atomic E-state index is 11.5. The van der Waals surface area contributed by atoms with Crippen molar-refractivity contribution < 1.29 is 10.2 Å². The molecule has 1 aromatic heterocycles. The van der Waals surface area contributed by atoms with Crippen LogP contribution in [0.5, 0.6) is 0 Å². The first-order chi connectivity index (χ1) is 13.8. The highest BCUT2D eigenvalue weighted by molar-refractivity contribution is 5.21. The molecule has 160 valence electrons. The molecule has 3 saturated carbocycles. The molecule has 1 aromatic rings. The molecule has 3 fully saturated rings. The molecule has 4 rings (SSSR count). The molecule has 3 N–H and O–H groups in total. The number of fused-ring (bicyclic) bond motifs is 1. The van der Waals surface area contributed by atoms with Crippen LogP contribution >= 0.6 is 0 Å². The Morgan fingerprint density at radius 3 is 2.76 bits per heavy atom. The highest BCUT2D eigenvalue weighted by Crippen LogP contribution is 2.61. The second kappa shape index (κ2) is 8.13. The van der Waals surface area contributed by atoms with Crippen LogP contribution in [0, 0.1) is 28.6 Å². The second-order valence-corrected chi connectivity index (χ2v) is 10.4. The average molecular weight is 399 g/mol. The summed E-state index contributed by atoms with van der Waals surface area (Å²) in [6, 6.07) is 4.06. The number of hydrogen-bond donors (Lipinski definition) is 3. The van der Waals surface area contributed by atoms with Crippen LogP contribution in [0.3, 0.4) is 0 Å². The normalized spacial score (nSPS) is 42.6. The minimum atomic E-state index is -0.255. The van der Waals surface area contributed by atoms with Crippen molar-refractivity contribution in [3.63, 3.8) is 0 Å². The molecule has 7 atom stereocenters. The van der Waals surface area contributed by atoms with E-state index in [9.17, 15) is 10.2 Å². The van der Waals surface area contributed by atoms with E-state index in [2.05, 4.69) is 36.8 Å². The lowest BCUT2D eigenvalue weighted by Gasteiger charge is -2.55. The van der Waals surface area contributed by atoms with E-state index in [1.54, 1.807) is 6.20 Å². The fourth-order valence-electron chi connectivity index (χ4n) is 6.83. The molecule has 29 heavy (non-hydrogen) atoms. The van der Waals surface area contributed by atoms with E-state index in [1.807, 2.05) is 12.3 Å². The minimum Gasteiger partial charge on any atom is -0.393 e. The Morgan fingerprint density at radius 2 is 2.00 bits per heavy atom. The summed E-state index contributed by atoms with van der Waals surface area (Å²) in [5.41, 5.74) is 2.71. The molecule has 0 spiro atoms. The van der Waals surface area contributed by atoms with Crippen LogP contribution in [0.4, 0.5) is 0 Å². The third-order valence-electron chi connectivity index (χ3n) is 8.98. The van der Waals surface area contributed by atoms with E-state index in [4.69, 9.17) is 0 Å². The topological polar surface area (TPSA) is 65.4 Å². The smallest absolute Gasteiger partial charge is 0.0610 e. The third kappa shape index (κ3) is 3.80. The van der Waals surface area contributed by atoms with E-state index in [-0.39, 0.29) is 23.0 Å². The number of aliphatic hydroxyl groups is 2. The molecule has 0 amide bonds. The Kier molecular flexibility index (Phi) is 5.89. The largest absolute Gasteiger partial charge is 0.393 e. The molecule has 3 aliphatic rings. The van der Waals surface area contributed by atoms with Crippen LogP contribution in [-0.2, 0) is 6.54 Å². The Hall–Kier alpha value is -1.23. The zero-order valence-corrected chi connectivity index (χ0v) is 18.1. The van der Waals surface area contributed by atoms with Crippen molar-refractivity contribution in [3.8, 4) is 0 Å². The predicted molar refractivity (Wildman–Crippen MR) is 116 cm³/mol. The van der Waals surface area contributed by atoms with Crippen LogP contribution in [0.2, 0.25) is 0 Å². The fraction of sp³-hybridized carbons (Fsp3) is 0.720. The van der Waals surface area contributed by atoms with Gasteiger partial charge in [-0.25, -0.2) is 0 Å². The highest BCUT2D eigenvalue weighted by Gasteiger charge is 2.56. The van der Waals surface area contributed by atoms with Crippen molar-refractivity contribution >= 4 is 0 Å². The first-order valence-corrected chi connectivity index (χ1v) is 11.5. The lowest BCUT2D eigenvalue weighted by molar-refractivity contribution is -0.118.